The van der Waals surface area contributed by atoms with Crippen LogP contribution in [0.5, 0.6) is 0 Å². The Labute approximate surface area is 146 Å². The lowest BCUT2D eigenvalue weighted by molar-refractivity contribution is 0.0771. The Morgan fingerprint density at radius 1 is 1.48 bits per heavy atom. The molecule has 4 rings (SSSR count). The molecule has 132 valence electrons. The number of hydrogen-bond donors (Lipinski definition) is 0. The van der Waals surface area contributed by atoms with Crippen LogP contribution in [0.4, 0.5) is 0 Å². The van der Waals surface area contributed by atoms with Gasteiger partial charge >= 0.3 is 0 Å². The van der Waals surface area contributed by atoms with Crippen molar-refractivity contribution in [2.75, 3.05) is 13.1 Å². The average molecular weight is 341 g/mol. The van der Waals surface area contributed by atoms with Crippen molar-refractivity contribution in [3.8, 4) is 0 Å². The van der Waals surface area contributed by atoms with E-state index in [4.69, 9.17) is 9.51 Å². The van der Waals surface area contributed by atoms with Crippen LogP contribution < -0.4 is 0 Å². The highest BCUT2D eigenvalue weighted by atomic mass is 16.5. The van der Waals surface area contributed by atoms with Crippen molar-refractivity contribution in [2.45, 2.75) is 44.9 Å². The summed E-state index contributed by atoms with van der Waals surface area (Å²) < 4.78 is 5.49. The minimum Gasteiger partial charge on any atom is -0.339 e. The molecule has 2 aliphatic rings. The van der Waals surface area contributed by atoms with Gasteiger partial charge in [-0.2, -0.15) is 4.98 Å². The van der Waals surface area contributed by atoms with Crippen molar-refractivity contribution in [3.05, 3.63) is 36.0 Å². The van der Waals surface area contributed by atoms with Crippen LogP contribution in [-0.2, 0) is 11.8 Å². The molecule has 2 aromatic heterocycles. The molecule has 0 unspecified atom stereocenters. The Morgan fingerprint density at radius 3 is 3.12 bits per heavy atom. The summed E-state index contributed by atoms with van der Waals surface area (Å²) in [7, 11) is 0. The summed E-state index contributed by atoms with van der Waals surface area (Å²) in [5.41, 5.74) is 0.278. The van der Waals surface area contributed by atoms with Gasteiger partial charge in [-0.05, 0) is 30.7 Å². The van der Waals surface area contributed by atoms with Crippen LogP contribution in [0.2, 0.25) is 0 Å². The number of aromatic nitrogens is 4. The Hall–Kier alpha value is -2.31. The lowest BCUT2D eigenvalue weighted by Crippen LogP contribution is -2.35. The van der Waals surface area contributed by atoms with Gasteiger partial charge in [0.05, 0.1) is 5.41 Å². The van der Waals surface area contributed by atoms with Crippen molar-refractivity contribution in [1.29, 1.82) is 0 Å². The molecule has 2 fully saturated rings. The number of carbonyl (C=O) groups is 1. The summed E-state index contributed by atoms with van der Waals surface area (Å²) in [6.45, 7) is 5.65. The third-order valence-electron chi connectivity index (χ3n) is 5.46. The van der Waals surface area contributed by atoms with E-state index in [0.29, 0.717) is 30.0 Å². The third kappa shape index (κ3) is 2.81. The van der Waals surface area contributed by atoms with Crippen molar-refractivity contribution in [2.24, 2.45) is 11.8 Å². The number of likely N-dealkylation sites (tertiary alicyclic amines) is 1. The third-order valence-corrected chi connectivity index (χ3v) is 5.46. The maximum absolute atomic E-state index is 12.8. The van der Waals surface area contributed by atoms with Gasteiger partial charge in [-0.15, -0.1) is 0 Å². The van der Waals surface area contributed by atoms with Gasteiger partial charge in [0.25, 0.3) is 5.91 Å². The van der Waals surface area contributed by atoms with Crippen molar-refractivity contribution >= 4 is 5.91 Å². The molecule has 2 aromatic rings. The first-order chi connectivity index (χ1) is 12.1. The number of fused-ring (bicyclic) bond motifs is 1. The fraction of sp³-hybridized carbons (Fsp3) is 0.611. The van der Waals surface area contributed by atoms with Crippen LogP contribution in [0.3, 0.4) is 0 Å². The van der Waals surface area contributed by atoms with E-state index in [9.17, 15) is 4.79 Å². The molecule has 3 heterocycles. The van der Waals surface area contributed by atoms with Gasteiger partial charge in [0.1, 0.15) is 12.0 Å². The number of rotatable bonds is 4. The second-order valence-corrected chi connectivity index (χ2v) is 7.64. The molecule has 7 nitrogen and oxygen atoms in total. The fourth-order valence-corrected chi connectivity index (χ4v) is 4.28. The molecule has 1 saturated heterocycles. The van der Waals surface area contributed by atoms with Gasteiger partial charge in [0.15, 0.2) is 5.82 Å². The Morgan fingerprint density at radius 2 is 2.36 bits per heavy atom. The maximum atomic E-state index is 12.8. The molecular weight excluding hydrogens is 318 g/mol. The summed E-state index contributed by atoms with van der Waals surface area (Å²) in [4.78, 5) is 27.3. The van der Waals surface area contributed by atoms with Gasteiger partial charge in [-0.1, -0.05) is 25.4 Å². The first-order valence-electron chi connectivity index (χ1n) is 8.97. The minimum atomic E-state index is -0.165. The highest BCUT2D eigenvalue weighted by Gasteiger charge is 2.54. The van der Waals surface area contributed by atoms with Crippen LogP contribution in [0.1, 0.15) is 55.3 Å². The monoisotopic (exact) mass is 341 g/mol. The predicted octanol–water partition coefficient (Wildman–Crippen LogP) is 2.25. The molecule has 0 radical (unpaired) electrons. The van der Waals surface area contributed by atoms with Gasteiger partial charge in [-0.25, -0.2) is 9.97 Å². The Bertz CT molecular complexity index is 760. The van der Waals surface area contributed by atoms with Crippen LogP contribution in [0.15, 0.2) is 23.1 Å². The zero-order valence-corrected chi connectivity index (χ0v) is 14.7. The van der Waals surface area contributed by atoms with E-state index in [1.165, 1.54) is 6.33 Å². The highest BCUT2D eigenvalue weighted by molar-refractivity contribution is 5.92. The maximum Gasteiger partial charge on any atom is 0.272 e. The van der Waals surface area contributed by atoms with Crippen molar-refractivity contribution in [1.82, 2.24) is 25.0 Å². The average Bonchev–Trinajstić information content (AvgIpc) is 3.28. The lowest BCUT2D eigenvalue weighted by atomic mass is 9.80. The molecule has 0 spiro atoms. The molecule has 0 N–H and O–H groups in total. The van der Waals surface area contributed by atoms with E-state index < -0.39 is 0 Å². The second kappa shape index (κ2) is 6.20. The molecule has 25 heavy (non-hydrogen) atoms. The summed E-state index contributed by atoms with van der Waals surface area (Å²) in [6.07, 6.45) is 7.06. The standard InChI is InChI=1S/C18H23N5O2/c1-12(2)8-15-21-17(22-25-15)18-6-3-4-13(18)9-23(10-18)16(24)14-5-7-19-11-20-14/h5,7,11-13H,3-4,6,8-10H2,1-2H3/t13-,18-/m1/s1. The molecule has 1 aliphatic carbocycles. The SMILES string of the molecule is CC(C)Cc1nc([C@@]23CCC[C@@H]2CN(C(=O)c2ccncn2)C3)no1. The van der Waals surface area contributed by atoms with E-state index in [0.717, 1.165) is 38.1 Å². The van der Waals surface area contributed by atoms with Crippen molar-refractivity contribution < 1.29 is 9.32 Å². The number of hydrogen-bond acceptors (Lipinski definition) is 6. The summed E-state index contributed by atoms with van der Waals surface area (Å²) in [6, 6.07) is 1.66. The Kier molecular flexibility index (Phi) is 4.01. The minimum absolute atomic E-state index is 0.0397. The van der Waals surface area contributed by atoms with E-state index >= 15 is 0 Å². The smallest absolute Gasteiger partial charge is 0.272 e. The van der Waals surface area contributed by atoms with E-state index in [1.54, 1.807) is 12.3 Å². The molecule has 1 saturated carbocycles. The first-order valence-corrected chi connectivity index (χ1v) is 8.97. The van der Waals surface area contributed by atoms with Crippen LogP contribution in [-0.4, -0.2) is 44.0 Å². The Balaban J connectivity index is 1.58. The summed E-state index contributed by atoms with van der Waals surface area (Å²) >= 11 is 0. The molecule has 0 bridgehead atoms. The zero-order valence-electron chi connectivity index (χ0n) is 14.7. The quantitative estimate of drug-likeness (QED) is 0.848. The molecular formula is C18H23N5O2. The summed E-state index contributed by atoms with van der Waals surface area (Å²) in [5, 5.41) is 4.30. The highest BCUT2D eigenvalue weighted by Crippen LogP contribution is 2.49. The fourth-order valence-electron chi connectivity index (χ4n) is 4.28. The van der Waals surface area contributed by atoms with Crippen molar-refractivity contribution in [3.63, 3.8) is 0 Å². The first kappa shape index (κ1) is 16.2. The van der Waals surface area contributed by atoms with Gasteiger partial charge < -0.3 is 9.42 Å². The second-order valence-electron chi connectivity index (χ2n) is 7.64. The molecule has 2 atom stereocenters. The summed E-state index contributed by atoms with van der Waals surface area (Å²) in [5.74, 6) is 2.31. The number of carbonyl (C=O) groups excluding carboxylic acids is 1. The number of nitrogens with zero attached hydrogens (tertiary/aromatic N) is 5. The van der Waals surface area contributed by atoms with E-state index in [2.05, 4.69) is 29.0 Å². The number of amides is 1. The van der Waals surface area contributed by atoms with Gasteiger partial charge in [0.2, 0.25) is 5.89 Å². The molecule has 1 amide bonds. The van der Waals surface area contributed by atoms with Crippen LogP contribution in [0.25, 0.3) is 0 Å². The van der Waals surface area contributed by atoms with Crippen LogP contribution >= 0.6 is 0 Å². The van der Waals surface area contributed by atoms with Crippen LogP contribution in [0, 0.1) is 11.8 Å². The molecule has 0 aromatic carbocycles. The van der Waals surface area contributed by atoms with E-state index in [1.807, 2.05) is 4.90 Å². The van der Waals surface area contributed by atoms with E-state index in [-0.39, 0.29) is 11.3 Å². The topological polar surface area (TPSA) is 85.0 Å². The molecule has 7 heteroatoms. The predicted molar refractivity (Wildman–Crippen MR) is 89.8 cm³/mol. The van der Waals surface area contributed by atoms with Gasteiger partial charge in [-0.3, -0.25) is 4.79 Å². The molecule has 1 aliphatic heterocycles. The lowest BCUT2D eigenvalue weighted by Gasteiger charge is -2.24. The zero-order chi connectivity index (χ0) is 17.4. The van der Waals surface area contributed by atoms with Gasteiger partial charge in [0, 0.05) is 25.7 Å². The normalized spacial score (nSPS) is 25.6. The largest absolute Gasteiger partial charge is 0.339 e.